The van der Waals surface area contributed by atoms with E-state index in [1.807, 2.05) is 0 Å². The van der Waals surface area contributed by atoms with Crippen LogP contribution in [0.4, 0.5) is 0 Å². The maximum Gasteiger partial charge on any atom is 0.343 e. The summed E-state index contributed by atoms with van der Waals surface area (Å²) in [6.07, 6.45) is 4.57. The van der Waals surface area contributed by atoms with E-state index in [-0.39, 0.29) is 11.3 Å². The summed E-state index contributed by atoms with van der Waals surface area (Å²) < 4.78 is 15.7. The van der Waals surface area contributed by atoms with Crippen molar-refractivity contribution in [1.29, 1.82) is 0 Å². The first-order valence-electron chi connectivity index (χ1n) is 8.78. The van der Waals surface area contributed by atoms with Crippen molar-refractivity contribution >= 4 is 11.9 Å². The van der Waals surface area contributed by atoms with Crippen molar-refractivity contribution in [3.63, 3.8) is 0 Å². The molecule has 0 aromatic heterocycles. The molecule has 0 amide bonds. The predicted molar refractivity (Wildman–Crippen MR) is 98.8 cm³/mol. The molecule has 0 aliphatic carbocycles. The zero-order valence-corrected chi connectivity index (χ0v) is 15.2. The topological polar surface area (TPSA) is 61.8 Å². The number of carbonyl (C=O) groups excluding carboxylic acids is 2. The van der Waals surface area contributed by atoms with E-state index in [1.54, 1.807) is 48.5 Å². The third-order valence-electron chi connectivity index (χ3n) is 3.85. The van der Waals surface area contributed by atoms with E-state index in [4.69, 9.17) is 14.2 Å². The molecule has 138 valence electrons. The van der Waals surface area contributed by atoms with Gasteiger partial charge < -0.3 is 14.2 Å². The van der Waals surface area contributed by atoms with E-state index in [1.165, 1.54) is 20.0 Å². The fraction of sp³-hybridized carbons (Fsp3) is 0.333. The highest BCUT2D eigenvalue weighted by Crippen LogP contribution is 2.21. The Bertz CT molecular complexity index is 721. The van der Waals surface area contributed by atoms with Crippen molar-refractivity contribution in [3.8, 4) is 11.5 Å². The van der Waals surface area contributed by atoms with Crippen LogP contribution in [0.25, 0.3) is 0 Å². The van der Waals surface area contributed by atoms with E-state index >= 15 is 0 Å². The zero-order chi connectivity index (χ0) is 18.8. The van der Waals surface area contributed by atoms with Crippen LogP contribution in [-0.4, -0.2) is 25.7 Å². The molecule has 2 rings (SSSR count). The summed E-state index contributed by atoms with van der Waals surface area (Å²) in [6.45, 7) is 2.83. The lowest BCUT2D eigenvalue weighted by Crippen LogP contribution is -2.12. The van der Waals surface area contributed by atoms with Gasteiger partial charge in [-0.05, 0) is 42.8 Å². The van der Waals surface area contributed by atoms with Crippen molar-refractivity contribution in [3.05, 3.63) is 59.7 Å². The highest BCUT2D eigenvalue weighted by Gasteiger charge is 2.16. The fourth-order valence-corrected chi connectivity index (χ4v) is 2.40. The van der Waals surface area contributed by atoms with Crippen LogP contribution >= 0.6 is 0 Å². The number of carbonyl (C=O) groups is 2. The summed E-state index contributed by atoms with van der Waals surface area (Å²) in [5.74, 6) is -0.218. The van der Waals surface area contributed by atoms with Crippen LogP contribution < -0.4 is 9.47 Å². The molecule has 2 aromatic rings. The lowest BCUT2D eigenvalue weighted by molar-refractivity contribution is 0.0593. The van der Waals surface area contributed by atoms with Gasteiger partial charge in [-0.1, -0.05) is 38.3 Å². The monoisotopic (exact) mass is 356 g/mol. The van der Waals surface area contributed by atoms with Crippen LogP contribution in [0.15, 0.2) is 48.5 Å². The first kappa shape index (κ1) is 19.5. The number of ether oxygens (including phenoxy) is 3. The molecule has 2 aromatic carbocycles. The van der Waals surface area contributed by atoms with Gasteiger partial charge in [0, 0.05) is 0 Å². The highest BCUT2D eigenvalue weighted by atomic mass is 16.5. The second kappa shape index (κ2) is 10.2. The van der Waals surface area contributed by atoms with Gasteiger partial charge in [0.25, 0.3) is 0 Å². The first-order chi connectivity index (χ1) is 12.7. The second-order valence-electron chi connectivity index (χ2n) is 5.81. The van der Waals surface area contributed by atoms with Crippen molar-refractivity contribution < 1.29 is 23.8 Å². The van der Waals surface area contributed by atoms with E-state index in [0.29, 0.717) is 17.9 Å². The molecule has 0 spiro atoms. The molecule has 5 heteroatoms. The van der Waals surface area contributed by atoms with Gasteiger partial charge in [-0.3, -0.25) is 0 Å². The molecule has 0 aliphatic rings. The summed E-state index contributed by atoms with van der Waals surface area (Å²) in [7, 11) is 1.28. The number of unbranched alkanes of at least 4 members (excludes halogenated alkanes) is 3. The molecule has 0 aliphatic heterocycles. The van der Waals surface area contributed by atoms with Gasteiger partial charge >= 0.3 is 11.9 Å². The first-order valence-corrected chi connectivity index (χ1v) is 8.78. The van der Waals surface area contributed by atoms with Crippen LogP contribution in [0.2, 0.25) is 0 Å². The van der Waals surface area contributed by atoms with E-state index < -0.39 is 11.9 Å². The summed E-state index contributed by atoms with van der Waals surface area (Å²) in [5.41, 5.74) is 0.582. The minimum Gasteiger partial charge on any atom is -0.494 e. The van der Waals surface area contributed by atoms with Gasteiger partial charge in [0.15, 0.2) is 0 Å². The van der Waals surface area contributed by atoms with Crippen LogP contribution in [-0.2, 0) is 4.74 Å². The summed E-state index contributed by atoms with van der Waals surface area (Å²) in [5, 5.41) is 0. The Morgan fingerprint density at radius 3 is 2.31 bits per heavy atom. The highest BCUT2D eigenvalue weighted by molar-refractivity contribution is 5.96. The number of para-hydroxylation sites is 1. The van der Waals surface area contributed by atoms with Crippen LogP contribution in [0.1, 0.15) is 53.3 Å². The molecule has 5 nitrogen and oxygen atoms in total. The van der Waals surface area contributed by atoms with Gasteiger partial charge in [-0.25, -0.2) is 9.59 Å². The Balaban J connectivity index is 1.95. The number of methoxy groups -OCH3 is 1. The van der Waals surface area contributed by atoms with Crippen molar-refractivity contribution in [1.82, 2.24) is 0 Å². The van der Waals surface area contributed by atoms with Gasteiger partial charge in [-0.2, -0.15) is 0 Å². The van der Waals surface area contributed by atoms with Gasteiger partial charge in [-0.15, -0.1) is 0 Å². The maximum absolute atomic E-state index is 12.3. The fourth-order valence-electron chi connectivity index (χ4n) is 2.40. The number of rotatable bonds is 9. The molecule has 0 saturated heterocycles. The van der Waals surface area contributed by atoms with Gasteiger partial charge in [0.1, 0.15) is 17.1 Å². The van der Waals surface area contributed by atoms with E-state index in [0.717, 1.165) is 12.8 Å². The van der Waals surface area contributed by atoms with Crippen LogP contribution in [0.3, 0.4) is 0 Å². The zero-order valence-electron chi connectivity index (χ0n) is 15.2. The summed E-state index contributed by atoms with van der Waals surface area (Å²) in [6, 6.07) is 13.2. The summed E-state index contributed by atoms with van der Waals surface area (Å²) >= 11 is 0. The molecule has 0 bridgehead atoms. The van der Waals surface area contributed by atoms with E-state index in [2.05, 4.69) is 6.92 Å². The molecule has 0 saturated carbocycles. The standard InChI is InChI=1S/C21H24O5/c1-3-4-5-8-15-25-17-13-11-16(12-14-17)20(22)26-19-10-7-6-9-18(19)21(23)24-2/h6-7,9-14H,3-5,8,15H2,1-2H3. The molecule has 0 fully saturated rings. The number of benzene rings is 2. The maximum atomic E-state index is 12.3. The number of esters is 2. The van der Waals surface area contributed by atoms with Crippen molar-refractivity contribution in [2.45, 2.75) is 32.6 Å². The Kier molecular flexibility index (Phi) is 7.68. The molecule has 0 radical (unpaired) electrons. The van der Waals surface area contributed by atoms with E-state index in [9.17, 15) is 9.59 Å². The minimum atomic E-state index is -0.555. The Hall–Kier alpha value is -2.82. The second-order valence-corrected chi connectivity index (χ2v) is 5.81. The van der Waals surface area contributed by atoms with Crippen LogP contribution in [0, 0.1) is 0 Å². The lowest BCUT2D eigenvalue weighted by Gasteiger charge is -2.09. The Labute approximate surface area is 153 Å². The molecule has 0 atom stereocenters. The molecular formula is C21H24O5. The Morgan fingerprint density at radius 2 is 1.62 bits per heavy atom. The largest absolute Gasteiger partial charge is 0.494 e. The Morgan fingerprint density at radius 1 is 0.885 bits per heavy atom. The average molecular weight is 356 g/mol. The smallest absolute Gasteiger partial charge is 0.343 e. The normalized spacial score (nSPS) is 10.2. The van der Waals surface area contributed by atoms with Crippen LogP contribution in [0.5, 0.6) is 11.5 Å². The van der Waals surface area contributed by atoms with Gasteiger partial charge in [0.2, 0.25) is 0 Å². The summed E-state index contributed by atoms with van der Waals surface area (Å²) in [4.78, 5) is 24.0. The molecular weight excluding hydrogens is 332 g/mol. The minimum absolute atomic E-state index is 0.167. The molecule has 26 heavy (non-hydrogen) atoms. The SMILES string of the molecule is CCCCCCOc1ccc(C(=O)Oc2ccccc2C(=O)OC)cc1. The lowest BCUT2D eigenvalue weighted by atomic mass is 10.2. The van der Waals surface area contributed by atoms with Crippen molar-refractivity contribution in [2.75, 3.05) is 13.7 Å². The predicted octanol–water partition coefficient (Wildman–Crippen LogP) is 4.65. The molecule has 0 unspecified atom stereocenters. The van der Waals surface area contributed by atoms with Gasteiger partial charge in [0.05, 0.1) is 19.3 Å². The molecule has 0 N–H and O–H groups in total. The number of hydrogen-bond donors (Lipinski definition) is 0. The molecule has 0 heterocycles. The number of hydrogen-bond acceptors (Lipinski definition) is 5. The van der Waals surface area contributed by atoms with Crippen molar-refractivity contribution in [2.24, 2.45) is 0 Å². The average Bonchev–Trinajstić information content (AvgIpc) is 2.68. The third-order valence-corrected chi connectivity index (χ3v) is 3.85. The third kappa shape index (κ3) is 5.62. The quantitative estimate of drug-likeness (QED) is 0.372.